The lowest BCUT2D eigenvalue weighted by molar-refractivity contribution is -0.384. The van der Waals surface area contributed by atoms with E-state index >= 15 is 0 Å². The minimum atomic E-state index is -0.835. The number of nitrogens with zero attached hydrogens (tertiary/aromatic N) is 3. The molecule has 2 fully saturated rings. The quantitative estimate of drug-likeness (QED) is 0.274. The number of nitro groups is 1. The molecule has 1 aliphatic carbocycles. The fourth-order valence-corrected chi connectivity index (χ4v) is 5.48. The van der Waals surface area contributed by atoms with E-state index in [9.17, 15) is 24.5 Å². The number of carbonyl (C=O) groups is 2. The molecular weight excluding hydrogens is 504 g/mol. The number of amides is 1. The van der Waals surface area contributed by atoms with Gasteiger partial charge in [0.1, 0.15) is 16.9 Å². The molecule has 4 rings (SSSR count). The SMILES string of the molecule is CCOC(=O)c1c(N2CCC[C@H](CC)C2)c(C2CC2)c2c(C)c(NC(=O)OC(C)(C)C)c([N+](=O)[O-])cn2c1=O. The normalized spacial score (nSPS) is 17.7. The number of pyridine rings is 2. The Bertz CT molecular complexity index is 1370. The Morgan fingerprint density at radius 3 is 2.46 bits per heavy atom. The summed E-state index contributed by atoms with van der Waals surface area (Å²) >= 11 is 0. The zero-order chi connectivity index (χ0) is 28.6. The van der Waals surface area contributed by atoms with Crippen LogP contribution in [0.3, 0.4) is 0 Å². The van der Waals surface area contributed by atoms with Crippen molar-refractivity contribution in [2.24, 2.45) is 5.92 Å². The van der Waals surface area contributed by atoms with Gasteiger partial charge in [-0.1, -0.05) is 13.3 Å². The highest BCUT2D eigenvalue weighted by Crippen LogP contribution is 2.49. The van der Waals surface area contributed by atoms with Crippen LogP contribution in [0.1, 0.15) is 94.1 Å². The zero-order valence-electron chi connectivity index (χ0n) is 23.6. The fraction of sp³-hybridized carbons (Fsp3) is 0.607. The van der Waals surface area contributed by atoms with E-state index in [0.717, 1.165) is 43.9 Å². The molecule has 1 amide bonds. The topological polar surface area (TPSA) is 132 Å². The molecule has 11 nitrogen and oxygen atoms in total. The first-order chi connectivity index (χ1) is 18.4. The first kappa shape index (κ1) is 28.4. The van der Waals surface area contributed by atoms with Crippen molar-refractivity contribution in [2.75, 3.05) is 29.9 Å². The van der Waals surface area contributed by atoms with E-state index in [1.807, 2.05) is 0 Å². The second kappa shape index (κ2) is 10.9. The van der Waals surface area contributed by atoms with E-state index in [2.05, 4.69) is 17.1 Å². The maximum Gasteiger partial charge on any atom is 0.412 e. The maximum atomic E-state index is 14.0. The summed E-state index contributed by atoms with van der Waals surface area (Å²) in [6.45, 7) is 12.0. The van der Waals surface area contributed by atoms with Crippen LogP contribution in [0, 0.1) is 23.0 Å². The molecule has 0 aromatic carbocycles. The maximum absolute atomic E-state index is 14.0. The summed E-state index contributed by atoms with van der Waals surface area (Å²) in [6, 6.07) is 0. The molecule has 1 saturated heterocycles. The molecule has 2 aliphatic rings. The summed E-state index contributed by atoms with van der Waals surface area (Å²) in [5, 5.41) is 14.7. The van der Waals surface area contributed by atoms with Crippen LogP contribution in [0.4, 0.5) is 21.9 Å². The summed E-state index contributed by atoms with van der Waals surface area (Å²) < 4.78 is 11.9. The first-order valence-electron chi connectivity index (χ1n) is 13.7. The van der Waals surface area contributed by atoms with Gasteiger partial charge in [-0.2, -0.15) is 0 Å². The average molecular weight is 543 g/mol. The van der Waals surface area contributed by atoms with E-state index in [0.29, 0.717) is 35.8 Å². The third kappa shape index (κ3) is 5.72. The van der Waals surface area contributed by atoms with Gasteiger partial charge < -0.3 is 14.4 Å². The second-order valence-electron chi connectivity index (χ2n) is 11.4. The van der Waals surface area contributed by atoms with Crippen molar-refractivity contribution in [2.45, 2.75) is 85.2 Å². The van der Waals surface area contributed by atoms with Gasteiger partial charge in [0.25, 0.3) is 5.56 Å². The van der Waals surface area contributed by atoms with Crippen molar-refractivity contribution in [1.82, 2.24) is 4.40 Å². The summed E-state index contributed by atoms with van der Waals surface area (Å²) in [7, 11) is 0. The minimum Gasteiger partial charge on any atom is -0.462 e. The lowest BCUT2D eigenvalue weighted by Gasteiger charge is -2.36. The number of anilines is 2. The predicted octanol–water partition coefficient (Wildman–Crippen LogP) is 5.54. The Labute approximate surface area is 227 Å². The molecule has 0 spiro atoms. The molecule has 2 aromatic heterocycles. The molecule has 11 heteroatoms. The number of fused-ring (bicyclic) bond motifs is 1. The van der Waals surface area contributed by atoms with Crippen molar-refractivity contribution < 1.29 is 24.0 Å². The van der Waals surface area contributed by atoms with Gasteiger partial charge in [0.2, 0.25) is 0 Å². The highest BCUT2D eigenvalue weighted by atomic mass is 16.6. The van der Waals surface area contributed by atoms with Gasteiger partial charge in [0.05, 0.1) is 28.9 Å². The van der Waals surface area contributed by atoms with Crippen molar-refractivity contribution in [3.05, 3.63) is 43.4 Å². The predicted molar refractivity (Wildman–Crippen MR) is 148 cm³/mol. The second-order valence-corrected chi connectivity index (χ2v) is 11.4. The van der Waals surface area contributed by atoms with Crippen molar-refractivity contribution in [1.29, 1.82) is 0 Å². The third-order valence-electron chi connectivity index (χ3n) is 7.36. The van der Waals surface area contributed by atoms with Crippen LogP contribution in [0.5, 0.6) is 0 Å². The van der Waals surface area contributed by atoms with Crippen LogP contribution in [0.15, 0.2) is 11.0 Å². The highest BCUT2D eigenvalue weighted by molar-refractivity contribution is 6.00. The molecule has 0 unspecified atom stereocenters. The molecule has 39 heavy (non-hydrogen) atoms. The number of esters is 1. The van der Waals surface area contributed by atoms with Gasteiger partial charge in [0.15, 0.2) is 0 Å². The Kier molecular flexibility index (Phi) is 7.90. The highest BCUT2D eigenvalue weighted by Gasteiger charge is 2.38. The van der Waals surface area contributed by atoms with Crippen LogP contribution in [0.2, 0.25) is 0 Å². The molecule has 1 saturated carbocycles. The summed E-state index contributed by atoms with van der Waals surface area (Å²) in [5.74, 6) is -0.245. The molecule has 3 heterocycles. The number of aromatic nitrogens is 1. The van der Waals surface area contributed by atoms with Crippen LogP contribution < -0.4 is 15.8 Å². The number of hydrogen-bond acceptors (Lipinski definition) is 8. The van der Waals surface area contributed by atoms with Crippen molar-refractivity contribution in [3.63, 3.8) is 0 Å². The van der Waals surface area contributed by atoms with E-state index < -0.39 is 33.8 Å². The Balaban J connectivity index is 2.06. The van der Waals surface area contributed by atoms with Gasteiger partial charge in [-0.3, -0.25) is 24.6 Å². The van der Waals surface area contributed by atoms with Gasteiger partial charge in [0, 0.05) is 24.2 Å². The van der Waals surface area contributed by atoms with Gasteiger partial charge in [-0.15, -0.1) is 0 Å². The molecule has 1 N–H and O–H groups in total. The van der Waals surface area contributed by atoms with Gasteiger partial charge in [-0.05, 0) is 72.1 Å². The number of nitrogens with one attached hydrogen (secondary N) is 1. The van der Waals surface area contributed by atoms with E-state index in [-0.39, 0.29) is 23.8 Å². The Morgan fingerprint density at radius 1 is 1.21 bits per heavy atom. The monoisotopic (exact) mass is 542 g/mol. The van der Waals surface area contributed by atoms with Gasteiger partial charge >= 0.3 is 17.7 Å². The molecule has 1 aliphatic heterocycles. The average Bonchev–Trinajstić information content (AvgIpc) is 3.69. The first-order valence-corrected chi connectivity index (χ1v) is 13.7. The molecule has 2 aromatic rings. The molecule has 0 radical (unpaired) electrons. The molecule has 212 valence electrons. The number of rotatable bonds is 7. The molecular formula is C28H38N4O7. The Hall–Kier alpha value is -3.63. The van der Waals surface area contributed by atoms with Crippen LogP contribution in [0.25, 0.3) is 5.52 Å². The fourth-order valence-electron chi connectivity index (χ4n) is 5.48. The third-order valence-corrected chi connectivity index (χ3v) is 7.36. The zero-order valence-corrected chi connectivity index (χ0v) is 23.6. The lowest BCUT2D eigenvalue weighted by Crippen LogP contribution is -2.39. The molecule has 1 atom stereocenters. The number of carbonyl (C=O) groups excluding carboxylic acids is 2. The van der Waals surface area contributed by atoms with E-state index in [1.54, 1.807) is 34.6 Å². The van der Waals surface area contributed by atoms with Crippen molar-refractivity contribution >= 4 is 34.6 Å². The van der Waals surface area contributed by atoms with E-state index in [1.165, 1.54) is 4.40 Å². The minimum absolute atomic E-state index is 0.0320. The van der Waals surface area contributed by atoms with Gasteiger partial charge in [-0.25, -0.2) is 9.59 Å². The number of hydrogen-bond donors (Lipinski definition) is 1. The number of piperidine rings is 1. The largest absolute Gasteiger partial charge is 0.462 e. The summed E-state index contributed by atoms with van der Waals surface area (Å²) in [5.41, 5.74) is 0.137. The summed E-state index contributed by atoms with van der Waals surface area (Å²) in [4.78, 5) is 53.6. The number of aryl methyl sites for hydroxylation is 1. The van der Waals surface area contributed by atoms with Crippen LogP contribution >= 0.6 is 0 Å². The van der Waals surface area contributed by atoms with Crippen molar-refractivity contribution in [3.8, 4) is 0 Å². The Morgan fingerprint density at radius 2 is 1.90 bits per heavy atom. The van der Waals surface area contributed by atoms with E-state index in [4.69, 9.17) is 9.47 Å². The van der Waals surface area contributed by atoms with Crippen LogP contribution in [-0.2, 0) is 9.47 Å². The summed E-state index contributed by atoms with van der Waals surface area (Å²) in [6.07, 6.45) is 4.96. The standard InChI is InChI=1S/C28H38N4O7/c1-7-17-10-9-13-30(14-17)24-20(18-11-12-18)23-16(3)22(29-27(35)39-28(4,5)6)19(32(36)37)15-31(23)25(33)21(24)26(34)38-8-2/h15,17-18H,7-14H2,1-6H3,(H,29,35)/t17-/m0/s1. The number of ether oxygens (including phenoxy) is 2. The smallest absolute Gasteiger partial charge is 0.412 e. The van der Waals surface area contributed by atoms with Crippen LogP contribution in [-0.4, -0.2) is 46.7 Å². The lowest BCUT2D eigenvalue weighted by atomic mass is 9.92. The molecule has 0 bridgehead atoms.